The van der Waals surface area contributed by atoms with Crippen LogP contribution in [0, 0.1) is 22.2 Å². The van der Waals surface area contributed by atoms with Crippen molar-refractivity contribution >= 4 is 0 Å². The first-order valence-corrected chi connectivity index (χ1v) is 7.36. The molecule has 4 nitrogen and oxygen atoms in total. The van der Waals surface area contributed by atoms with Crippen LogP contribution in [0.1, 0.15) is 25.8 Å². The first-order chi connectivity index (χ1) is 9.94. The Morgan fingerprint density at radius 3 is 2.86 bits per heavy atom. The van der Waals surface area contributed by atoms with Crippen LogP contribution in [0.5, 0.6) is 0 Å². The first kappa shape index (κ1) is 14.2. The van der Waals surface area contributed by atoms with E-state index in [1.54, 1.807) is 6.20 Å². The van der Waals surface area contributed by atoms with E-state index in [0.29, 0.717) is 5.57 Å². The molecule has 1 aromatic heterocycles. The van der Waals surface area contributed by atoms with E-state index in [1.807, 2.05) is 32.2 Å². The van der Waals surface area contributed by atoms with E-state index >= 15 is 0 Å². The zero-order chi connectivity index (χ0) is 15.1. The number of rotatable bonds is 2. The van der Waals surface area contributed by atoms with E-state index in [2.05, 4.69) is 22.0 Å². The molecule has 1 unspecified atom stereocenters. The average Bonchev–Trinajstić information content (AvgIpc) is 2.42. The summed E-state index contributed by atoms with van der Waals surface area (Å²) in [6.07, 6.45) is 5.99. The van der Waals surface area contributed by atoms with E-state index in [4.69, 9.17) is 0 Å². The second kappa shape index (κ2) is 4.94. The second-order valence-electron chi connectivity index (χ2n) is 7.15. The molecule has 1 aliphatic heterocycles. The lowest BCUT2D eigenvalue weighted by atomic mass is 9.60. The SMILES string of the molecule is CC1(C)CC2(C=C(C#N)C1O)CN(Cc1cccnc1)C2. The monoisotopic (exact) mass is 283 g/mol. The van der Waals surface area contributed by atoms with Gasteiger partial charge in [0.15, 0.2) is 0 Å². The quantitative estimate of drug-likeness (QED) is 0.903. The molecule has 0 bridgehead atoms. The van der Waals surface area contributed by atoms with Crippen molar-refractivity contribution in [3.63, 3.8) is 0 Å². The van der Waals surface area contributed by atoms with Crippen molar-refractivity contribution < 1.29 is 5.11 Å². The maximum atomic E-state index is 10.2. The average molecular weight is 283 g/mol. The molecule has 1 aliphatic carbocycles. The lowest BCUT2D eigenvalue weighted by Gasteiger charge is -2.55. The Morgan fingerprint density at radius 1 is 1.48 bits per heavy atom. The summed E-state index contributed by atoms with van der Waals surface area (Å²) in [6.45, 7) is 6.89. The highest BCUT2D eigenvalue weighted by molar-refractivity contribution is 5.35. The van der Waals surface area contributed by atoms with Gasteiger partial charge in [-0.1, -0.05) is 26.0 Å². The predicted molar refractivity (Wildman–Crippen MR) is 80.0 cm³/mol. The maximum absolute atomic E-state index is 10.2. The van der Waals surface area contributed by atoms with Crippen LogP contribution in [0.4, 0.5) is 0 Å². The Bertz CT molecular complexity index is 594. The fourth-order valence-electron chi connectivity index (χ4n) is 3.89. The maximum Gasteiger partial charge on any atom is 0.0971 e. The van der Waals surface area contributed by atoms with E-state index in [9.17, 15) is 10.4 Å². The molecule has 1 saturated heterocycles. The largest absolute Gasteiger partial charge is 0.387 e. The van der Waals surface area contributed by atoms with Crippen LogP contribution in [0.15, 0.2) is 36.2 Å². The molecule has 2 heterocycles. The number of aliphatic hydroxyl groups excluding tert-OH is 1. The summed E-state index contributed by atoms with van der Waals surface area (Å²) in [6, 6.07) is 6.22. The normalized spacial score (nSPS) is 26.8. The van der Waals surface area contributed by atoms with Gasteiger partial charge in [0.25, 0.3) is 0 Å². The van der Waals surface area contributed by atoms with E-state index in [1.165, 1.54) is 5.56 Å². The Balaban J connectivity index is 1.72. The number of aromatic nitrogens is 1. The highest BCUT2D eigenvalue weighted by atomic mass is 16.3. The van der Waals surface area contributed by atoms with Crippen molar-refractivity contribution in [1.29, 1.82) is 5.26 Å². The van der Waals surface area contributed by atoms with E-state index in [0.717, 1.165) is 26.1 Å². The molecule has 110 valence electrons. The fourth-order valence-corrected chi connectivity index (χ4v) is 3.89. The van der Waals surface area contributed by atoms with Crippen LogP contribution in [0.2, 0.25) is 0 Å². The number of hydrogen-bond donors (Lipinski definition) is 1. The Morgan fingerprint density at radius 2 is 2.24 bits per heavy atom. The minimum absolute atomic E-state index is 0.0516. The van der Waals surface area contributed by atoms with Crippen molar-refractivity contribution in [2.45, 2.75) is 32.9 Å². The molecule has 0 amide bonds. The van der Waals surface area contributed by atoms with Gasteiger partial charge in [0, 0.05) is 37.4 Å². The van der Waals surface area contributed by atoms with E-state index < -0.39 is 6.10 Å². The summed E-state index contributed by atoms with van der Waals surface area (Å²) in [7, 11) is 0. The number of aliphatic hydroxyl groups is 1. The fraction of sp³-hybridized carbons (Fsp3) is 0.529. The molecule has 21 heavy (non-hydrogen) atoms. The number of hydrogen-bond acceptors (Lipinski definition) is 4. The van der Waals surface area contributed by atoms with Gasteiger partial charge in [0.05, 0.1) is 17.7 Å². The van der Waals surface area contributed by atoms with Crippen LogP contribution in [-0.4, -0.2) is 34.2 Å². The molecule has 1 aromatic rings. The molecule has 0 aromatic carbocycles. The van der Waals surface area contributed by atoms with E-state index in [-0.39, 0.29) is 10.8 Å². The van der Waals surface area contributed by atoms with Crippen LogP contribution in [-0.2, 0) is 6.54 Å². The highest BCUT2D eigenvalue weighted by Crippen LogP contribution is 2.49. The molecule has 1 spiro atoms. The number of likely N-dealkylation sites (tertiary alicyclic amines) is 1. The zero-order valence-corrected chi connectivity index (χ0v) is 12.6. The van der Waals surface area contributed by atoms with Crippen LogP contribution in [0.3, 0.4) is 0 Å². The third kappa shape index (κ3) is 2.59. The summed E-state index contributed by atoms with van der Waals surface area (Å²) in [5, 5.41) is 19.5. The summed E-state index contributed by atoms with van der Waals surface area (Å²) in [5.41, 5.74) is 1.56. The zero-order valence-electron chi connectivity index (χ0n) is 12.6. The molecule has 4 heteroatoms. The predicted octanol–water partition coefficient (Wildman–Crippen LogP) is 2.12. The van der Waals surface area contributed by atoms with Gasteiger partial charge in [-0.05, 0) is 23.5 Å². The van der Waals surface area contributed by atoms with Gasteiger partial charge in [0.2, 0.25) is 0 Å². The van der Waals surface area contributed by atoms with Crippen molar-refractivity contribution in [2.75, 3.05) is 13.1 Å². The Hall–Kier alpha value is -1.70. The highest BCUT2D eigenvalue weighted by Gasteiger charge is 2.50. The lowest BCUT2D eigenvalue weighted by Crippen LogP contribution is -2.59. The molecule has 1 atom stereocenters. The third-order valence-corrected chi connectivity index (χ3v) is 4.64. The summed E-state index contributed by atoms with van der Waals surface area (Å²) in [4.78, 5) is 6.52. The standard InChI is InChI=1S/C17H21N3O/c1-16(2)10-17(6-14(7-18)15(16)21)11-20(12-17)9-13-4-3-5-19-8-13/h3-6,8,15,21H,9-12H2,1-2H3. The molecule has 2 aliphatic rings. The lowest BCUT2D eigenvalue weighted by molar-refractivity contribution is -0.0437. The molecule has 0 radical (unpaired) electrons. The van der Waals surface area contributed by atoms with Gasteiger partial charge < -0.3 is 5.11 Å². The summed E-state index contributed by atoms with van der Waals surface area (Å²) >= 11 is 0. The number of pyridine rings is 1. The van der Waals surface area contributed by atoms with Crippen molar-refractivity contribution in [3.8, 4) is 6.07 Å². The minimum Gasteiger partial charge on any atom is -0.387 e. The smallest absolute Gasteiger partial charge is 0.0971 e. The minimum atomic E-state index is -0.638. The van der Waals surface area contributed by atoms with Gasteiger partial charge in [-0.2, -0.15) is 5.26 Å². The molecular weight excluding hydrogens is 262 g/mol. The number of nitriles is 1. The van der Waals surface area contributed by atoms with Gasteiger partial charge in [0.1, 0.15) is 0 Å². The second-order valence-corrected chi connectivity index (χ2v) is 7.15. The van der Waals surface area contributed by atoms with Crippen molar-refractivity contribution in [1.82, 2.24) is 9.88 Å². The Labute approximate surface area is 125 Å². The van der Waals surface area contributed by atoms with Crippen molar-refractivity contribution in [3.05, 3.63) is 41.7 Å². The van der Waals surface area contributed by atoms with Gasteiger partial charge in [-0.15, -0.1) is 0 Å². The number of nitrogens with zero attached hydrogens (tertiary/aromatic N) is 3. The van der Waals surface area contributed by atoms with Crippen molar-refractivity contribution in [2.24, 2.45) is 10.8 Å². The molecule has 3 rings (SSSR count). The van der Waals surface area contributed by atoms with Gasteiger partial charge >= 0.3 is 0 Å². The molecular formula is C17H21N3O. The van der Waals surface area contributed by atoms with Gasteiger partial charge in [-0.3, -0.25) is 9.88 Å². The first-order valence-electron chi connectivity index (χ1n) is 7.36. The van der Waals surface area contributed by atoms with Crippen LogP contribution >= 0.6 is 0 Å². The van der Waals surface area contributed by atoms with Crippen LogP contribution < -0.4 is 0 Å². The third-order valence-electron chi connectivity index (χ3n) is 4.64. The van der Waals surface area contributed by atoms with Crippen LogP contribution in [0.25, 0.3) is 0 Å². The molecule has 0 saturated carbocycles. The summed E-state index contributed by atoms with van der Waals surface area (Å²) in [5.74, 6) is 0. The van der Waals surface area contributed by atoms with Gasteiger partial charge in [-0.25, -0.2) is 0 Å². The Kier molecular flexibility index (Phi) is 3.35. The molecule has 1 N–H and O–H groups in total. The molecule has 1 fully saturated rings. The summed E-state index contributed by atoms with van der Waals surface area (Å²) < 4.78 is 0. The topological polar surface area (TPSA) is 60.1 Å².